The Hall–Kier alpha value is -3.37. The molecule has 0 fully saturated rings. The largest absolute Gasteiger partial charge is 0.506 e. The molecule has 0 aliphatic heterocycles. The average Bonchev–Trinajstić information content (AvgIpc) is 2.60. The van der Waals surface area contributed by atoms with Gasteiger partial charge in [-0.2, -0.15) is 8.42 Å². The molecule has 0 aliphatic carbocycles. The van der Waals surface area contributed by atoms with Gasteiger partial charge in [0.2, 0.25) is 0 Å². The number of phenolic OH excluding ortho intramolecular Hbond substituents is 1. The lowest BCUT2D eigenvalue weighted by atomic mass is 10.1. The fourth-order valence-electron chi connectivity index (χ4n) is 2.35. The molecule has 132 valence electrons. The van der Waals surface area contributed by atoms with Crippen LogP contribution in [0.5, 0.6) is 5.75 Å². The van der Waals surface area contributed by atoms with Crippen LogP contribution in [0.1, 0.15) is 0 Å². The summed E-state index contributed by atoms with van der Waals surface area (Å²) in [5.74, 6) is -0.162. The number of hydrogen-bond acceptors (Lipinski definition) is 7. The summed E-state index contributed by atoms with van der Waals surface area (Å²) in [7, 11) is -4.59. The SMILES string of the molecule is O=[N+]([O-])c1cc(S(=O)(=O)O)ccc1/N=N/c1c(O)ccc2ccccc12. The molecule has 0 heterocycles. The van der Waals surface area contributed by atoms with Gasteiger partial charge in [-0.05, 0) is 23.6 Å². The van der Waals surface area contributed by atoms with Gasteiger partial charge in [0.1, 0.15) is 16.3 Å². The van der Waals surface area contributed by atoms with Gasteiger partial charge in [0.05, 0.1) is 4.92 Å². The molecular formula is C16H11N3O6S. The predicted octanol–water partition coefficient (Wildman–Crippen LogP) is 4.12. The maximum absolute atomic E-state index is 11.2. The fourth-order valence-corrected chi connectivity index (χ4v) is 2.85. The number of phenols is 1. The predicted molar refractivity (Wildman–Crippen MR) is 92.7 cm³/mol. The highest BCUT2D eigenvalue weighted by Crippen LogP contribution is 2.37. The summed E-state index contributed by atoms with van der Waals surface area (Å²) in [6.45, 7) is 0. The first-order valence-electron chi connectivity index (χ1n) is 7.16. The minimum absolute atomic E-state index is 0.122. The molecule has 0 aromatic heterocycles. The highest BCUT2D eigenvalue weighted by molar-refractivity contribution is 7.85. The molecule has 3 aromatic rings. The van der Waals surface area contributed by atoms with Gasteiger partial charge < -0.3 is 5.11 Å². The maximum Gasteiger partial charge on any atom is 0.298 e. The number of nitrogens with zero attached hydrogens (tertiary/aromatic N) is 3. The van der Waals surface area contributed by atoms with Gasteiger partial charge in [0, 0.05) is 11.5 Å². The molecule has 0 saturated carbocycles. The van der Waals surface area contributed by atoms with E-state index < -0.39 is 25.6 Å². The van der Waals surface area contributed by atoms with Crippen LogP contribution in [0.3, 0.4) is 0 Å². The number of azo groups is 1. The Bertz CT molecular complexity index is 1160. The third-order valence-corrected chi connectivity index (χ3v) is 4.43. The van der Waals surface area contributed by atoms with Crippen molar-refractivity contribution in [2.24, 2.45) is 10.2 Å². The summed E-state index contributed by atoms with van der Waals surface area (Å²) in [6.07, 6.45) is 0. The molecule has 0 amide bonds. The van der Waals surface area contributed by atoms with E-state index in [0.717, 1.165) is 17.5 Å². The minimum Gasteiger partial charge on any atom is -0.506 e. The first-order valence-corrected chi connectivity index (χ1v) is 8.60. The number of rotatable bonds is 4. The highest BCUT2D eigenvalue weighted by Gasteiger charge is 2.20. The smallest absolute Gasteiger partial charge is 0.298 e. The molecule has 0 bridgehead atoms. The van der Waals surface area contributed by atoms with Crippen LogP contribution in [-0.2, 0) is 10.1 Å². The molecule has 26 heavy (non-hydrogen) atoms. The average molecular weight is 373 g/mol. The van der Waals surface area contributed by atoms with Gasteiger partial charge in [-0.15, -0.1) is 10.2 Å². The van der Waals surface area contributed by atoms with Crippen molar-refractivity contribution in [3.8, 4) is 5.75 Å². The Morgan fingerprint density at radius 2 is 1.73 bits per heavy atom. The van der Waals surface area contributed by atoms with E-state index in [1.165, 1.54) is 6.07 Å². The first-order chi connectivity index (χ1) is 12.3. The third-order valence-electron chi connectivity index (χ3n) is 3.58. The number of fused-ring (bicyclic) bond motifs is 1. The fraction of sp³-hybridized carbons (Fsp3) is 0. The summed E-state index contributed by atoms with van der Waals surface area (Å²) in [6, 6.07) is 12.9. The lowest BCUT2D eigenvalue weighted by Gasteiger charge is -2.04. The van der Waals surface area contributed by atoms with Crippen LogP contribution in [0.15, 0.2) is 69.7 Å². The Morgan fingerprint density at radius 3 is 2.42 bits per heavy atom. The van der Waals surface area contributed by atoms with Crippen LogP contribution in [-0.4, -0.2) is 23.0 Å². The minimum atomic E-state index is -4.59. The van der Waals surface area contributed by atoms with E-state index in [-0.39, 0.29) is 17.1 Å². The summed E-state index contributed by atoms with van der Waals surface area (Å²) in [5.41, 5.74) is -0.755. The zero-order chi connectivity index (χ0) is 18.9. The molecule has 2 N–H and O–H groups in total. The molecule has 0 radical (unpaired) electrons. The molecule has 0 spiro atoms. The number of aromatic hydroxyl groups is 1. The standard InChI is InChI=1S/C16H11N3O6S/c20-15-8-5-10-3-1-2-4-12(10)16(15)18-17-13-7-6-11(26(23,24)25)9-14(13)19(21)22/h1-9,20H,(H,23,24,25)/b18-17+. The van der Waals surface area contributed by atoms with Gasteiger partial charge in [-0.3, -0.25) is 14.7 Å². The van der Waals surface area contributed by atoms with Crippen molar-refractivity contribution < 1.29 is 23.0 Å². The Balaban J connectivity index is 2.12. The lowest BCUT2D eigenvalue weighted by molar-refractivity contribution is -0.384. The third kappa shape index (κ3) is 3.36. The van der Waals surface area contributed by atoms with Crippen molar-refractivity contribution in [2.75, 3.05) is 0 Å². The van der Waals surface area contributed by atoms with Crippen molar-refractivity contribution in [1.29, 1.82) is 0 Å². The molecule has 0 unspecified atom stereocenters. The quantitative estimate of drug-likeness (QED) is 0.305. The molecule has 0 aliphatic rings. The second-order valence-corrected chi connectivity index (χ2v) is 6.66. The Labute approximate surface area is 147 Å². The molecule has 0 saturated heterocycles. The van der Waals surface area contributed by atoms with Crippen LogP contribution in [0.25, 0.3) is 10.8 Å². The Kier molecular flexibility index (Phi) is 4.36. The van der Waals surface area contributed by atoms with Crippen LogP contribution in [0, 0.1) is 10.1 Å². The second-order valence-electron chi connectivity index (χ2n) is 5.24. The van der Waals surface area contributed by atoms with Crippen molar-refractivity contribution >= 4 is 38.0 Å². The summed E-state index contributed by atoms with van der Waals surface area (Å²) >= 11 is 0. The van der Waals surface area contributed by atoms with E-state index in [1.807, 2.05) is 0 Å². The van der Waals surface area contributed by atoms with E-state index in [4.69, 9.17) is 4.55 Å². The monoisotopic (exact) mass is 373 g/mol. The van der Waals surface area contributed by atoms with Gasteiger partial charge in [-0.1, -0.05) is 30.3 Å². The normalized spacial score (nSPS) is 11.9. The molecule has 3 aromatic carbocycles. The van der Waals surface area contributed by atoms with Gasteiger partial charge in [-0.25, -0.2) is 0 Å². The Morgan fingerprint density at radius 1 is 1.00 bits per heavy atom. The van der Waals surface area contributed by atoms with E-state index in [0.29, 0.717) is 11.5 Å². The number of nitro benzene ring substituents is 1. The van der Waals surface area contributed by atoms with Gasteiger partial charge >= 0.3 is 0 Å². The van der Waals surface area contributed by atoms with Crippen molar-refractivity contribution in [1.82, 2.24) is 0 Å². The summed E-state index contributed by atoms with van der Waals surface area (Å²) < 4.78 is 31.3. The number of nitro groups is 1. The number of benzene rings is 3. The zero-order valence-electron chi connectivity index (χ0n) is 13.0. The van der Waals surface area contributed by atoms with Crippen molar-refractivity contribution in [3.05, 3.63) is 64.7 Å². The highest BCUT2D eigenvalue weighted by atomic mass is 32.2. The molecular weight excluding hydrogens is 362 g/mol. The van der Waals surface area contributed by atoms with Crippen LogP contribution in [0.4, 0.5) is 17.1 Å². The van der Waals surface area contributed by atoms with E-state index in [9.17, 15) is 23.6 Å². The molecule has 10 heteroatoms. The molecule has 3 rings (SSSR count). The second kappa shape index (κ2) is 6.50. The van der Waals surface area contributed by atoms with Crippen molar-refractivity contribution in [3.63, 3.8) is 0 Å². The van der Waals surface area contributed by atoms with Crippen LogP contribution >= 0.6 is 0 Å². The first kappa shape index (κ1) is 17.5. The summed E-state index contributed by atoms with van der Waals surface area (Å²) in [4.78, 5) is 9.70. The van der Waals surface area contributed by atoms with E-state index >= 15 is 0 Å². The molecule has 9 nitrogen and oxygen atoms in total. The van der Waals surface area contributed by atoms with Gasteiger partial charge in [0.15, 0.2) is 5.69 Å². The van der Waals surface area contributed by atoms with Gasteiger partial charge in [0.25, 0.3) is 15.8 Å². The maximum atomic E-state index is 11.2. The number of hydrogen-bond donors (Lipinski definition) is 2. The van der Waals surface area contributed by atoms with Crippen LogP contribution < -0.4 is 0 Å². The van der Waals surface area contributed by atoms with Crippen molar-refractivity contribution in [2.45, 2.75) is 4.90 Å². The topological polar surface area (TPSA) is 142 Å². The zero-order valence-corrected chi connectivity index (χ0v) is 13.8. The van der Waals surface area contributed by atoms with Crippen LogP contribution in [0.2, 0.25) is 0 Å². The summed E-state index contributed by atoms with van der Waals surface area (Å²) in [5, 5.41) is 30.2. The molecule has 0 atom stereocenters. The van der Waals surface area contributed by atoms with E-state index in [2.05, 4.69) is 10.2 Å². The lowest BCUT2D eigenvalue weighted by Crippen LogP contribution is -1.99. The van der Waals surface area contributed by atoms with E-state index in [1.54, 1.807) is 30.3 Å².